The number of amides is 1. The molecule has 0 atom stereocenters. The van der Waals surface area contributed by atoms with Crippen LogP contribution in [0.15, 0.2) is 38.4 Å². The van der Waals surface area contributed by atoms with E-state index in [1.807, 2.05) is 32.0 Å². The van der Waals surface area contributed by atoms with E-state index in [4.69, 9.17) is 4.52 Å². The predicted octanol–water partition coefficient (Wildman–Crippen LogP) is 4.72. The van der Waals surface area contributed by atoms with Crippen molar-refractivity contribution in [3.05, 3.63) is 46.7 Å². The van der Waals surface area contributed by atoms with Gasteiger partial charge in [0.05, 0.1) is 0 Å². The van der Waals surface area contributed by atoms with Crippen molar-refractivity contribution in [3.8, 4) is 11.4 Å². The summed E-state index contributed by atoms with van der Waals surface area (Å²) in [6, 6.07) is 7.45. The number of hydrogen-bond acceptors (Lipinski definition) is 7. The lowest BCUT2D eigenvalue weighted by Gasteiger charge is -2.30. The Morgan fingerprint density at radius 1 is 1.18 bits per heavy atom. The van der Waals surface area contributed by atoms with Gasteiger partial charge in [0.1, 0.15) is 4.21 Å². The highest BCUT2D eigenvalue weighted by Gasteiger charge is 2.33. The summed E-state index contributed by atoms with van der Waals surface area (Å²) < 4.78 is 33.5. The minimum absolute atomic E-state index is 0.0523. The molecule has 1 aliphatic heterocycles. The number of carbonyl (C=O) groups excluding carboxylic acids is 1. The molecule has 10 heteroatoms. The van der Waals surface area contributed by atoms with Gasteiger partial charge in [0, 0.05) is 41.6 Å². The maximum Gasteiger partial charge on any atom is 0.252 e. The molecule has 3 heterocycles. The van der Waals surface area contributed by atoms with Gasteiger partial charge in [0.25, 0.3) is 10.0 Å². The van der Waals surface area contributed by atoms with Gasteiger partial charge in [-0.3, -0.25) is 4.79 Å². The van der Waals surface area contributed by atoms with Crippen LogP contribution in [-0.2, 0) is 14.8 Å². The number of sulfonamides is 1. The molecule has 8 nitrogen and oxygen atoms in total. The summed E-state index contributed by atoms with van der Waals surface area (Å²) in [6.45, 7) is 4.62. The first kappa shape index (κ1) is 23.2. The van der Waals surface area contributed by atoms with Gasteiger partial charge < -0.3 is 9.84 Å². The van der Waals surface area contributed by atoms with Crippen LogP contribution in [-0.4, -0.2) is 41.9 Å². The molecule has 5 rings (SSSR count). The summed E-state index contributed by atoms with van der Waals surface area (Å²) in [4.78, 5) is 17.3. The molecule has 1 aromatic carbocycles. The van der Waals surface area contributed by atoms with Crippen molar-refractivity contribution in [1.82, 2.24) is 14.4 Å². The van der Waals surface area contributed by atoms with Crippen LogP contribution in [0.4, 0.5) is 5.69 Å². The largest absolute Gasteiger partial charge is 0.339 e. The minimum atomic E-state index is -3.64. The first-order chi connectivity index (χ1) is 16.3. The van der Waals surface area contributed by atoms with Gasteiger partial charge in [0.15, 0.2) is 0 Å². The molecule has 180 valence electrons. The van der Waals surface area contributed by atoms with Gasteiger partial charge in [0.2, 0.25) is 17.6 Å². The van der Waals surface area contributed by atoms with E-state index in [9.17, 15) is 13.2 Å². The molecule has 34 heavy (non-hydrogen) atoms. The lowest BCUT2D eigenvalue weighted by Crippen LogP contribution is -2.41. The first-order valence-corrected chi connectivity index (χ1v) is 13.9. The maximum absolute atomic E-state index is 13.2. The van der Waals surface area contributed by atoms with Crippen LogP contribution < -0.4 is 5.32 Å². The van der Waals surface area contributed by atoms with Crippen LogP contribution in [0, 0.1) is 19.8 Å². The van der Waals surface area contributed by atoms with E-state index in [0.717, 1.165) is 41.0 Å². The number of thiophene rings is 1. The average Bonchev–Trinajstić information content (AvgIpc) is 3.46. The van der Waals surface area contributed by atoms with Crippen molar-refractivity contribution >= 4 is 33.0 Å². The molecule has 0 unspecified atom stereocenters. The zero-order valence-corrected chi connectivity index (χ0v) is 20.9. The Balaban J connectivity index is 1.22. The summed E-state index contributed by atoms with van der Waals surface area (Å²) in [5.41, 5.74) is 3.63. The van der Waals surface area contributed by atoms with Crippen LogP contribution >= 0.6 is 11.3 Å². The van der Waals surface area contributed by atoms with E-state index >= 15 is 0 Å². The molecule has 0 bridgehead atoms. The van der Waals surface area contributed by atoms with Gasteiger partial charge in [-0.25, -0.2) is 8.42 Å². The second-order valence-corrected chi connectivity index (χ2v) is 12.2. The molecule has 1 saturated heterocycles. The van der Waals surface area contributed by atoms with E-state index in [0.29, 0.717) is 49.1 Å². The van der Waals surface area contributed by atoms with Crippen molar-refractivity contribution in [2.24, 2.45) is 5.92 Å². The molecule has 1 N–H and O–H groups in total. The molecule has 2 fully saturated rings. The smallest absolute Gasteiger partial charge is 0.252 e. The highest BCUT2D eigenvalue weighted by atomic mass is 32.2. The molecule has 1 aliphatic carbocycles. The summed E-state index contributed by atoms with van der Waals surface area (Å²) >= 11 is 1.16. The molecule has 1 saturated carbocycles. The normalized spacial score (nSPS) is 18.1. The first-order valence-electron chi connectivity index (χ1n) is 11.6. The predicted molar refractivity (Wildman–Crippen MR) is 130 cm³/mol. The zero-order chi connectivity index (χ0) is 23.9. The van der Waals surface area contributed by atoms with E-state index < -0.39 is 10.0 Å². The molecular weight excluding hydrogens is 472 g/mol. The van der Waals surface area contributed by atoms with Crippen LogP contribution in [0.3, 0.4) is 0 Å². The minimum Gasteiger partial charge on any atom is -0.339 e. The number of anilines is 1. The van der Waals surface area contributed by atoms with Crippen LogP contribution in [0.2, 0.25) is 0 Å². The second-order valence-electron chi connectivity index (χ2n) is 9.15. The van der Waals surface area contributed by atoms with Crippen LogP contribution in [0.25, 0.3) is 11.4 Å². The molecule has 1 amide bonds. The fourth-order valence-electron chi connectivity index (χ4n) is 4.35. The van der Waals surface area contributed by atoms with Crippen LogP contribution in [0.5, 0.6) is 0 Å². The number of aryl methyl sites for hydroxylation is 1. The lowest BCUT2D eigenvalue weighted by atomic mass is 9.85. The molecule has 3 aromatic rings. The summed E-state index contributed by atoms with van der Waals surface area (Å²) in [6.07, 6.45) is 4.27. The van der Waals surface area contributed by atoms with E-state index in [-0.39, 0.29) is 16.0 Å². The summed E-state index contributed by atoms with van der Waals surface area (Å²) in [5.74, 6) is 1.13. The van der Waals surface area contributed by atoms with Crippen molar-refractivity contribution in [1.29, 1.82) is 0 Å². The van der Waals surface area contributed by atoms with Crippen molar-refractivity contribution in [2.45, 2.75) is 56.1 Å². The van der Waals surface area contributed by atoms with E-state index in [1.165, 1.54) is 10.7 Å². The fourth-order valence-corrected chi connectivity index (χ4v) is 7.13. The Morgan fingerprint density at radius 2 is 1.94 bits per heavy atom. The number of benzene rings is 1. The number of hydrogen-bond donors (Lipinski definition) is 1. The van der Waals surface area contributed by atoms with Gasteiger partial charge >= 0.3 is 0 Å². The van der Waals surface area contributed by atoms with Gasteiger partial charge in [-0.1, -0.05) is 23.7 Å². The third-order valence-electron chi connectivity index (χ3n) is 7.01. The Bertz CT molecular complexity index is 1300. The maximum atomic E-state index is 13.2. The highest BCUT2D eigenvalue weighted by molar-refractivity contribution is 7.91. The van der Waals surface area contributed by atoms with Crippen LogP contribution in [0.1, 0.15) is 55.0 Å². The third-order valence-corrected chi connectivity index (χ3v) is 10.3. The number of aromatic nitrogens is 2. The van der Waals surface area contributed by atoms with Crippen molar-refractivity contribution in [2.75, 3.05) is 18.4 Å². The lowest BCUT2D eigenvalue weighted by molar-refractivity contribution is -0.120. The number of nitrogens with zero attached hydrogens (tertiary/aromatic N) is 3. The zero-order valence-electron chi connectivity index (χ0n) is 19.3. The Kier molecular flexibility index (Phi) is 6.30. The Hall–Kier alpha value is -2.56. The number of nitrogens with one attached hydrogen (secondary N) is 1. The number of rotatable bonds is 6. The van der Waals surface area contributed by atoms with Crippen molar-refractivity contribution < 1.29 is 17.7 Å². The van der Waals surface area contributed by atoms with E-state index in [1.54, 1.807) is 11.4 Å². The molecule has 2 aliphatic rings. The second kappa shape index (κ2) is 9.24. The van der Waals surface area contributed by atoms with Gasteiger partial charge in [-0.15, -0.1) is 11.3 Å². The molecule has 0 spiro atoms. The summed E-state index contributed by atoms with van der Waals surface area (Å²) in [5, 5.41) is 8.81. The Morgan fingerprint density at radius 3 is 2.65 bits per heavy atom. The number of carbonyl (C=O) groups is 1. The standard InChI is InChI=1S/C24H28N4O4S2/c1-15-5-3-8-20(16(15)2)25-23(29)17-9-11-28(12-10-17)34(30,31)21-13-19(14-33-21)22-26-24(32-27-22)18-6-4-7-18/h3,5,8,13-14,17-18H,4,6-7,9-12H2,1-2H3,(H,25,29). The SMILES string of the molecule is Cc1cccc(NC(=O)C2CCN(S(=O)(=O)c3cc(-c4noc(C5CCC5)n4)cs3)CC2)c1C. The highest BCUT2D eigenvalue weighted by Crippen LogP contribution is 2.37. The quantitative estimate of drug-likeness (QED) is 0.525. The molecule has 0 radical (unpaired) electrons. The molecule has 2 aromatic heterocycles. The van der Waals surface area contributed by atoms with Gasteiger partial charge in [-0.2, -0.15) is 9.29 Å². The third kappa shape index (κ3) is 4.42. The summed E-state index contributed by atoms with van der Waals surface area (Å²) in [7, 11) is -3.64. The monoisotopic (exact) mass is 500 g/mol. The molecular formula is C24H28N4O4S2. The number of piperidine rings is 1. The fraction of sp³-hybridized carbons (Fsp3) is 0.458. The van der Waals surface area contributed by atoms with Crippen molar-refractivity contribution in [3.63, 3.8) is 0 Å². The average molecular weight is 501 g/mol. The van der Waals surface area contributed by atoms with Gasteiger partial charge in [-0.05, 0) is 62.8 Å². The van der Waals surface area contributed by atoms with E-state index in [2.05, 4.69) is 15.5 Å². The Labute approximate surface area is 203 Å². The topological polar surface area (TPSA) is 105 Å².